The zero-order valence-electron chi connectivity index (χ0n) is 9.13. The van der Waals surface area contributed by atoms with Crippen molar-refractivity contribution in [1.82, 2.24) is 9.97 Å². The van der Waals surface area contributed by atoms with E-state index in [-0.39, 0.29) is 17.3 Å². The summed E-state index contributed by atoms with van der Waals surface area (Å²) >= 11 is 1.90. The Morgan fingerprint density at radius 3 is 3.12 bits per heavy atom. The van der Waals surface area contributed by atoms with E-state index in [1.165, 1.54) is 6.33 Å². The van der Waals surface area contributed by atoms with Crippen LogP contribution in [0.2, 0.25) is 0 Å². The Morgan fingerprint density at radius 1 is 1.65 bits per heavy atom. The van der Waals surface area contributed by atoms with Gasteiger partial charge in [0.05, 0.1) is 4.92 Å². The van der Waals surface area contributed by atoms with E-state index in [1.807, 2.05) is 11.8 Å². The highest BCUT2D eigenvalue weighted by atomic mass is 32.2. The minimum Gasteiger partial charge on any atom is -0.378 e. The number of thioether (sulfide) groups is 1. The molecule has 2 heterocycles. The zero-order chi connectivity index (χ0) is 12.3. The van der Waals surface area contributed by atoms with E-state index in [9.17, 15) is 10.1 Å². The lowest BCUT2D eigenvalue weighted by Crippen LogP contribution is -2.16. The molecule has 0 aromatic carbocycles. The highest BCUT2D eigenvalue weighted by Crippen LogP contribution is 2.28. The fourth-order valence-corrected chi connectivity index (χ4v) is 2.97. The number of aromatic nitrogens is 2. The van der Waals surface area contributed by atoms with Crippen LogP contribution in [0.25, 0.3) is 0 Å². The largest absolute Gasteiger partial charge is 0.378 e. The highest BCUT2D eigenvalue weighted by molar-refractivity contribution is 7.99. The molecule has 8 heteroatoms. The van der Waals surface area contributed by atoms with Crippen LogP contribution in [0.3, 0.4) is 0 Å². The fourth-order valence-electron chi connectivity index (χ4n) is 1.69. The first-order valence-corrected chi connectivity index (χ1v) is 6.40. The molecule has 7 nitrogen and oxygen atoms in total. The second kappa shape index (κ2) is 5.17. The van der Waals surface area contributed by atoms with E-state index in [2.05, 4.69) is 15.3 Å². The first-order chi connectivity index (χ1) is 8.18. The van der Waals surface area contributed by atoms with Crippen molar-refractivity contribution in [3.8, 4) is 0 Å². The van der Waals surface area contributed by atoms with Gasteiger partial charge in [0.25, 0.3) is 0 Å². The maximum atomic E-state index is 10.8. The van der Waals surface area contributed by atoms with Gasteiger partial charge in [0.15, 0.2) is 0 Å². The van der Waals surface area contributed by atoms with E-state index in [4.69, 9.17) is 5.73 Å². The lowest BCUT2D eigenvalue weighted by molar-refractivity contribution is -0.383. The van der Waals surface area contributed by atoms with Gasteiger partial charge in [-0.15, -0.1) is 0 Å². The summed E-state index contributed by atoms with van der Waals surface area (Å²) in [6.45, 7) is 0.685. The van der Waals surface area contributed by atoms with Crippen molar-refractivity contribution in [2.45, 2.75) is 6.42 Å². The normalized spacial score (nSPS) is 19.2. The van der Waals surface area contributed by atoms with E-state index in [0.29, 0.717) is 12.5 Å². The SMILES string of the molecule is Nc1ncnc(NCC2CCSC2)c1[N+](=O)[O-]. The number of anilines is 2. The Hall–Kier alpha value is -1.57. The predicted molar refractivity (Wildman–Crippen MR) is 67.0 cm³/mol. The standard InChI is InChI=1S/C9H13N5O2S/c10-8-7(14(15)16)9(13-5-12-8)11-3-6-1-2-17-4-6/h5-6H,1-4H2,(H3,10,11,12,13). The minimum atomic E-state index is -0.554. The quantitative estimate of drug-likeness (QED) is 0.613. The first-order valence-electron chi connectivity index (χ1n) is 5.25. The Bertz CT molecular complexity index is 422. The van der Waals surface area contributed by atoms with Crippen molar-refractivity contribution in [2.75, 3.05) is 29.1 Å². The molecular formula is C9H13N5O2S. The highest BCUT2D eigenvalue weighted by Gasteiger charge is 2.22. The summed E-state index contributed by atoms with van der Waals surface area (Å²) in [6.07, 6.45) is 2.36. The lowest BCUT2D eigenvalue weighted by Gasteiger charge is -2.10. The van der Waals surface area contributed by atoms with Crippen molar-refractivity contribution in [1.29, 1.82) is 0 Å². The van der Waals surface area contributed by atoms with Crippen LogP contribution in [0.15, 0.2) is 6.33 Å². The Labute approximate surface area is 102 Å². The molecule has 1 fully saturated rings. The smallest absolute Gasteiger partial charge is 0.352 e. The molecular weight excluding hydrogens is 242 g/mol. The van der Waals surface area contributed by atoms with Gasteiger partial charge in [0.1, 0.15) is 6.33 Å². The number of nitrogens with zero attached hydrogens (tertiary/aromatic N) is 3. The van der Waals surface area contributed by atoms with E-state index < -0.39 is 4.92 Å². The molecule has 0 aliphatic carbocycles. The van der Waals surface area contributed by atoms with E-state index >= 15 is 0 Å². The van der Waals surface area contributed by atoms with Crippen molar-refractivity contribution < 1.29 is 4.92 Å². The number of nitrogens with one attached hydrogen (secondary N) is 1. The molecule has 3 N–H and O–H groups in total. The number of hydrogen-bond acceptors (Lipinski definition) is 7. The van der Waals surface area contributed by atoms with Crippen LogP contribution < -0.4 is 11.1 Å². The predicted octanol–water partition coefficient (Wildman–Crippen LogP) is 1.13. The summed E-state index contributed by atoms with van der Waals surface area (Å²) in [5, 5.41) is 13.8. The van der Waals surface area contributed by atoms with Gasteiger partial charge in [-0.05, 0) is 23.8 Å². The van der Waals surface area contributed by atoms with Crippen LogP contribution in [-0.2, 0) is 0 Å². The summed E-state index contributed by atoms with van der Waals surface area (Å²) in [4.78, 5) is 17.8. The van der Waals surface area contributed by atoms with Crippen LogP contribution >= 0.6 is 11.8 Å². The second-order valence-corrected chi connectivity index (χ2v) is 4.97. The van der Waals surface area contributed by atoms with Gasteiger partial charge >= 0.3 is 5.69 Å². The van der Waals surface area contributed by atoms with Gasteiger partial charge in [-0.3, -0.25) is 10.1 Å². The fraction of sp³-hybridized carbons (Fsp3) is 0.556. The number of hydrogen-bond donors (Lipinski definition) is 2. The van der Waals surface area contributed by atoms with Crippen LogP contribution in [0.4, 0.5) is 17.3 Å². The van der Waals surface area contributed by atoms with Crippen molar-refractivity contribution in [2.24, 2.45) is 5.92 Å². The number of nitrogen functional groups attached to an aromatic ring is 1. The summed E-state index contributed by atoms with van der Waals surface area (Å²) in [7, 11) is 0. The molecule has 1 aromatic rings. The van der Waals surface area contributed by atoms with Gasteiger partial charge < -0.3 is 11.1 Å². The van der Waals surface area contributed by atoms with Crippen molar-refractivity contribution in [3.05, 3.63) is 16.4 Å². The second-order valence-electron chi connectivity index (χ2n) is 3.82. The third-order valence-electron chi connectivity index (χ3n) is 2.62. The van der Waals surface area contributed by atoms with E-state index in [1.54, 1.807) is 0 Å². The van der Waals surface area contributed by atoms with Gasteiger partial charge in [-0.2, -0.15) is 11.8 Å². The van der Waals surface area contributed by atoms with Crippen molar-refractivity contribution >= 4 is 29.1 Å². The molecule has 0 radical (unpaired) electrons. The maximum absolute atomic E-state index is 10.8. The number of nitrogens with two attached hydrogens (primary N) is 1. The molecule has 0 spiro atoms. The number of rotatable bonds is 4. The van der Waals surface area contributed by atoms with Gasteiger partial charge in [-0.1, -0.05) is 0 Å². The Balaban J connectivity index is 2.09. The molecule has 0 amide bonds. The summed E-state index contributed by atoms with van der Waals surface area (Å²) in [6, 6.07) is 0. The summed E-state index contributed by atoms with van der Waals surface area (Å²) < 4.78 is 0. The first kappa shape index (κ1) is 11.9. The van der Waals surface area contributed by atoms with Crippen LogP contribution in [0, 0.1) is 16.0 Å². The molecule has 1 aliphatic heterocycles. The average Bonchev–Trinajstić information content (AvgIpc) is 2.78. The molecule has 1 aliphatic rings. The molecule has 1 unspecified atom stereocenters. The molecule has 0 saturated carbocycles. The summed E-state index contributed by atoms with van der Waals surface area (Å²) in [5.74, 6) is 2.88. The summed E-state index contributed by atoms with van der Waals surface area (Å²) in [5.41, 5.74) is 5.23. The van der Waals surface area contributed by atoms with Crippen LogP contribution in [-0.4, -0.2) is 32.9 Å². The maximum Gasteiger partial charge on any atom is 0.352 e. The Kier molecular flexibility index (Phi) is 3.62. The van der Waals surface area contributed by atoms with Crippen LogP contribution in [0.5, 0.6) is 0 Å². The van der Waals surface area contributed by atoms with Crippen LogP contribution in [0.1, 0.15) is 6.42 Å². The van der Waals surface area contributed by atoms with Gasteiger partial charge in [0.2, 0.25) is 11.6 Å². The molecule has 92 valence electrons. The third kappa shape index (κ3) is 2.76. The van der Waals surface area contributed by atoms with E-state index in [0.717, 1.165) is 17.9 Å². The Morgan fingerprint density at radius 2 is 2.47 bits per heavy atom. The topological polar surface area (TPSA) is 107 Å². The lowest BCUT2D eigenvalue weighted by atomic mass is 10.1. The molecule has 2 rings (SSSR count). The molecule has 1 saturated heterocycles. The number of nitro groups is 1. The van der Waals surface area contributed by atoms with Crippen molar-refractivity contribution in [3.63, 3.8) is 0 Å². The zero-order valence-corrected chi connectivity index (χ0v) is 9.94. The molecule has 0 bridgehead atoms. The monoisotopic (exact) mass is 255 g/mol. The third-order valence-corrected chi connectivity index (χ3v) is 3.85. The minimum absolute atomic E-state index is 0.103. The molecule has 1 aromatic heterocycles. The molecule has 17 heavy (non-hydrogen) atoms. The molecule has 1 atom stereocenters. The average molecular weight is 255 g/mol. The van der Waals surface area contributed by atoms with Gasteiger partial charge in [0, 0.05) is 6.54 Å². The van der Waals surface area contributed by atoms with Gasteiger partial charge in [-0.25, -0.2) is 9.97 Å².